The number of nitrogens with zero attached hydrogens (tertiary/aromatic N) is 3. The third-order valence-electron chi connectivity index (χ3n) is 6.73. The van der Waals surface area contributed by atoms with Crippen LogP contribution < -0.4 is 5.32 Å². The van der Waals surface area contributed by atoms with E-state index in [1.807, 2.05) is 42.5 Å². The van der Waals surface area contributed by atoms with Gasteiger partial charge in [0, 0.05) is 36.1 Å². The molecular formula is C28H28N4O3. The number of fused-ring (bicyclic) bond motifs is 1. The summed E-state index contributed by atoms with van der Waals surface area (Å²) < 4.78 is 2.27. The second-order valence-electron chi connectivity index (χ2n) is 9.04. The summed E-state index contributed by atoms with van der Waals surface area (Å²) in [4.78, 5) is 33.0. The van der Waals surface area contributed by atoms with Gasteiger partial charge in [-0.15, -0.1) is 0 Å². The van der Waals surface area contributed by atoms with Gasteiger partial charge in [0.05, 0.1) is 16.6 Å². The molecule has 0 aliphatic heterocycles. The lowest BCUT2D eigenvalue weighted by Crippen LogP contribution is -2.25. The molecule has 1 aliphatic rings. The molecule has 178 valence electrons. The molecule has 0 bridgehead atoms. The standard InChI is InChI=1S/C28H28N4O3/c33-27(30-17-14-19-12-15-29-16-13-19)21-8-6-20(7-9-21)26-31-24-18-22(28(34)35)10-11-25(24)32(26)23-4-2-1-3-5-23/h6-13,15-16,18,23H,1-5,14,17H2,(H,30,33)(H,34,35). The van der Waals surface area contributed by atoms with Crippen LogP contribution in [0.3, 0.4) is 0 Å². The van der Waals surface area contributed by atoms with Crippen molar-refractivity contribution >= 4 is 22.9 Å². The third-order valence-corrected chi connectivity index (χ3v) is 6.73. The number of amides is 1. The van der Waals surface area contributed by atoms with Gasteiger partial charge in [0.1, 0.15) is 5.82 Å². The number of carboxylic acids is 1. The molecular weight excluding hydrogens is 440 g/mol. The number of imidazole rings is 1. The zero-order valence-corrected chi connectivity index (χ0v) is 19.5. The molecule has 1 saturated carbocycles. The number of hydrogen-bond acceptors (Lipinski definition) is 4. The number of benzene rings is 2. The van der Waals surface area contributed by atoms with Crippen LogP contribution in [0.15, 0.2) is 67.0 Å². The fourth-order valence-corrected chi connectivity index (χ4v) is 4.89. The number of nitrogens with one attached hydrogen (secondary N) is 1. The minimum Gasteiger partial charge on any atom is -0.478 e. The molecule has 0 unspecified atom stereocenters. The molecule has 1 aliphatic carbocycles. The van der Waals surface area contributed by atoms with Gasteiger partial charge in [-0.3, -0.25) is 9.78 Å². The number of carbonyl (C=O) groups excluding carboxylic acids is 1. The molecule has 0 spiro atoms. The van der Waals surface area contributed by atoms with Gasteiger partial charge in [-0.05, 0) is 67.3 Å². The van der Waals surface area contributed by atoms with Crippen LogP contribution in [0.2, 0.25) is 0 Å². The quantitative estimate of drug-likeness (QED) is 0.385. The van der Waals surface area contributed by atoms with Crippen LogP contribution in [0.25, 0.3) is 22.4 Å². The Morgan fingerprint density at radius 1 is 0.943 bits per heavy atom. The maximum absolute atomic E-state index is 12.6. The van der Waals surface area contributed by atoms with E-state index in [9.17, 15) is 14.7 Å². The SMILES string of the molecule is O=C(O)c1ccc2c(c1)nc(-c1ccc(C(=O)NCCc3ccncc3)cc1)n2C1CCCCC1. The van der Waals surface area contributed by atoms with E-state index in [1.54, 1.807) is 24.5 Å². The van der Waals surface area contributed by atoms with Crippen molar-refractivity contribution < 1.29 is 14.7 Å². The van der Waals surface area contributed by atoms with Gasteiger partial charge < -0.3 is 15.0 Å². The van der Waals surface area contributed by atoms with Gasteiger partial charge in [0.25, 0.3) is 5.91 Å². The van der Waals surface area contributed by atoms with Crippen molar-refractivity contribution in [3.05, 3.63) is 83.7 Å². The van der Waals surface area contributed by atoms with Crippen molar-refractivity contribution in [2.45, 2.75) is 44.6 Å². The van der Waals surface area contributed by atoms with Gasteiger partial charge >= 0.3 is 5.97 Å². The number of aromatic nitrogens is 3. The van der Waals surface area contributed by atoms with Gasteiger partial charge in [-0.2, -0.15) is 0 Å². The monoisotopic (exact) mass is 468 g/mol. The highest BCUT2D eigenvalue weighted by molar-refractivity contribution is 5.95. The number of carbonyl (C=O) groups is 2. The van der Waals surface area contributed by atoms with E-state index in [-0.39, 0.29) is 11.5 Å². The van der Waals surface area contributed by atoms with E-state index in [2.05, 4.69) is 14.9 Å². The first-order valence-electron chi connectivity index (χ1n) is 12.1. The Morgan fingerprint density at radius 2 is 1.66 bits per heavy atom. The van der Waals surface area contributed by atoms with Crippen LogP contribution in [-0.2, 0) is 6.42 Å². The highest BCUT2D eigenvalue weighted by atomic mass is 16.4. The average Bonchev–Trinajstić information content (AvgIpc) is 3.28. The summed E-state index contributed by atoms with van der Waals surface area (Å²) in [5, 5.41) is 12.4. The molecule has 0 radical (unpaired) electrons. The molecule has 2 heterocycles. The van der Waals surface area contributed by atoms with Crippen LogP contribution in [0.4, 0.5) is 0 Å². The van der Waals surface area contributed by atoms with E-state index in [0.29, 0.717) is 23.7 Å². The first kappa shape index (κ1) is 22.8. The molecule has 7 nitrogen and oxygen atoms in total. The molecule has 1 fully saturated rings. The third kappa shape index (κ3) is 4.94. The van der Waals surface area contributed by atoms with Crippen LogP contribution in [0.5, 0.6) is 0 Å². The number of hydrogen-bond donors (Lipinski definition) is 2. The van der Waals surface area contributed by atoms with Crippen LogP contribution >= 0.6 is 0 Å². The Hall–Kier alpha value is -4.00. The summed E-state index contributed by atoms with van der Waals surface area (Å²) in [5.74, 6) is -0.253. The molecule has 2 aromatic carbocycles. The van der Waals surface area contributed by atoms with Crippen molar-refractivity contribution in [2.24, 2.45) is 0 Å². The average molecular weight is 469 g/mol. The molecule has 2 N–H and O–H groups in total. The Labute approximate surface area is 203 Å². The Morgan fingerprint density at radius 3 is 2.37 bits per heavy atom. The predicted molar refractivity (Wildman–Crippen MR) is 135 cm³/mol. The summed E-state index contributed by atoms with van der Waals surface area (Å²) in [6.45, 7) is 0.550. The molecule has 35 heavy (non-hydrogen) atoms. The largest absolute Gasteiger partial charge is 0.478 e. The lowest BCUT2D eigenvalue weighted by Gasteiger charge is -2.25. The van der Waals surface area contributed by atoms with E-state index in [0.717, 1.165) is 41.7 Å². The first-order chi connectivity index (χ1) is 17.1. The second-order valence-corrected chi connectivity index (χ2v) is 9.04. The normalized spacial score (nSPS) is 14.2. The van der Waals surface area contributed by atoms with Crippen molar-refractivity contribution in [3.63, 3.8) is 0 Å². The highest BCUT2D eigenvalue weighted by Crippen LogP contribution is 2.36. The molecule has 2 aromatic heterocycles. The summed E-state index contributed by atoms with van der Waals surface area (Å²) in [5.41, 5.74) is 4.51. The van der Waals surface area contributed by atoms with Crippen LogP contribution in [0.1, 0.15) is 64.4 Å². The van der Waals surface area contributed by atoms with Crippen LogP contribution in [0, 0.1) is 0 Å². The smallest absolute Gasteiger partial charge is 0.335 e. The summed E-state index contributed by atoms with van der Waals surface area (Å²) in [7, 11) is 0. The van der Waals surface area contributed by atoms with Crippen molar-refractivity contribution in [1.29, 1.82) is 0 Å². The molecule has 1 amide bonds. The fourth-order valence-electron chi connectivity index (χ4n) is 4.89. The Kier molecular flexibility index (Phi) is 6.57. The first-order valence-corrected chi connectivity index (χ1v) is 12.1. The molecule has 5 rings (SSSR count). The minimum absolute atomic E-state index is 0.113. The van der Waals surface area contributed by atoms with Gasteiger partial charge in [0.2, 0.25) is 0 Å². The topological polar surface area (TPSA) is 97.1 Å². The number of pyridine rings is 1. The fraction of sp³-hybridized carbons (Fsp3) is 0.286. The van der Waals surface area contributed by atoms with Crippen molar-refractivity contribution in [1.82, 2.24) is 19.9 Å². The van der Waals surface area contributed by atoms with E-state index in [1.165, 1.54) is 19.3 Å². The maximum atomic E-state index is 12.6. The van der Waals surface area contributed by atoms with Crippen molar-refractivity contribution in [2.75, 3.05) is 6.54 Å². The predicted octanol–water partition coefficient (Wildman–Crippen LogP) is 5.27. The molecule has 7 heteroatoms. The van der Waals surface area contributed by atoms with Gasteiger partial charge in [-0.25, -0.2) is 9.78 Å². The summed E-state index contributed by atoms with van der Waals surface area (Å²) in [6.07, 6.45) is 10.0. The summed E-state index contributed by atoms with van der Waals surface area (Å²) in [6, 6.07) is 16.9. The highest BCUT2D eigenvalue weighted by Gasteiger charge is 2.23. The zero-order chi connectivity index (χ0) is 24.2. The van der Waals surface area contributed by atoms with Gasteiger partial charge in [0.15, 0.2) is 0 Å². The Balaban J connectivity index is 1.40. The van der Waals surface area contributed by atoms with Gasteiger partial charge in [-0.1, -0.05) is 31.4 Å². The van der Waals surface area contributed by atoms with E-state index >= 15 is 0 Å². The molecule has 0 atom stereocenters. The van der Waals surface area contributed by atoms with E-state index in [4.69, 9.17) is 4.98 Å². The lowest BCUT2D eigenvalue weighted by atomic mass is 9.94. The Bertz CT molecular complexity index is 1340. The molecule has 4 aromatic rings. The number of rotatable bonds is 7. The maximum Gasteiger partial charge on any atom is 0.335 e. The van der Waals surface area contributed by atoms with Crippen LogP contribution in [-0.4, -0.2) is 38.1 Å². The second kappa shape index (κ2) is 10.1. The van der Waals surface area contributed by atoms with E-state index < -0.39 is 5.97 Å². The lowest BCUT2D eigenvalue weighted by molar-refractivity contribution is 0.0696. The minimum atomic E-state index is -0.958. The zero-order valence-electron chi connectivity index (χ0n) is 19.5. The molecule has 0 saturated heterocycles. The van der Waals surface area contributed by atoms with Crippen molar-refractivity contribution in [3.8, 4) is 11.4 Å². The number of carboxylic acid groups (broad SMARTS) is 1. The number of aromatic carboxylic acids is 1. The summed E-state index contributed by atoms with van der Waals surface area (Å²) >= 11 is 0.